The highest BCUT2D eigenvalue weighted by molar-refractivity contribution is 5.77. The molecule has 0 N–H and O–H groups in total. The van der Waals surface area contributed by atoms with Gasteiger partial charge in [-0.3, -0.25) is 9.59 Å². The summed E-state index contributed by atoms with van der Waals surface area (Å²) in [6.45, 7) is 12.6. The van der Waals surface area contributed by atoms with Crippen molar-refractivity contribution in [1.82, 2.24) is 0 Å². The molecule has 0 saturated carbocycles. The Hall–Kier alpha value is -1.84. The van der Waals surface area contributed by atoms with Gasteiger partial charge < -0.3 is 9.47 Å². The Kier molecular flexibility index (Phi) is 6.79. The lowest BCUT2D eigenvalue weighted by atomic mass is 9.82. The molecule has 1 rings (SSSR count). The van der Waals surface area contributed by atoms with Gasteiger partial charge in [0.25, 0.3) is 0 Å². The normalized spacial score (nSPS) is 11.2. The molecular weight excluding hydrogens is 292 g/mol. The molecule has 0 aliphatic rings. The first-order valence-corrected chi connectivity index (χ1v) is 8.13. The molecule has 23 heavy (non-hydrogen) atoms. The van der Waals surface area contributed by atoms with Crippen molar-refractivity contribution in [2.24, 2.45) is 0 Å². The maximum Gasteiger partial charge on any atom is 0.310 e. The van der Waals surface area contributed by atoms with Crippen LogP contribution in [0.4, 0.5) is 0 Å². The van der Waals surface area contributed by atoms with E-state index in [9.17, 15) is 9.59 Å². The predicted molar refractivity (Wildman–Crippen MR) is 90.6 cm³/mol. The first kappa shape index (κ1) is 19.2. The second kappa shape index (κ2) is 8.14. The molecule has 128 valence electrons. The maximum absolute atomic E-state index is 11.9. The lowest BCUT2D eigenvalue weighted by Crippen LogP contribution is -2.17. The van der Waals surface area contributed by atoms with Crippen LogP contribution in [0, 0.1) is 6.92 Å². The van der Waals surface area contributed by atoms with Gasteiger partial charge in [0.2, 0.25) is 0 Å². The fourth-order valence-electron chi connectivity index (χ4n) is 2.46. The lowest BCUT2D eigenvalue weighted by Gasteiger charge is -2.23. The quantitative estimate of drug-likeness (QED) is 0.753. The van der Waals surface area contributed by atoms with Crippen LogP contribution in [-0.4, -0.2) is 25.2 Å². The van der Waals surface area contributed by atoms with E-state index >= 15 is 0 Å². The van der Waals surface area contributed by atoms with E-state index in [0.717, 1.165) is 22.3 Å². The van der Waals surface area contributed by atoms with Gasteiger partial charge in [-0.25, -0.2) is 0 Å². The highest BCUT2D eigenvalue weighted by Crippen LogP contribution is 2.28. The molecule has 1 aromatic rings. The molecule has 1 aromatic carbocycles. The van der Waals surface area contributed by atoms with Crippen LogP contribution in [0.1, 0.15) is 56.9 Å². The van der Waals surface area contributed by atoms with Crippen LogP contribution in [0.25, 0.3) is 0 Å². The SMILES string of the molecule is CCOC(=O)Cc1cc(C(C)(C)C)cc(C)c1CC(=O)OCC. The number of esters is 2. The van der Waals surface area contributed by atoms with E-state index in [-0.39, 0.29) is 30.2 Å². The summed E-state index contributed by atoms with van der Waals surface area (Å²) in [5.74, 6) is -0.549. The van der Waals surface area contributed by atoms with Crippen LogP contribution < -0.4 is 0 Å². The summed E-state index contributed by atoms with van der Waals surface area (Å²) in [4.78, 5) is 23.8. The van der Waals surface area contributed by atoms with Gasteiger partial charge in [0.1, 0.15) is 0 Å². The third kappa shape index (κ3) is 5.70. The predicted octanol–water partition coefficient (Wildman–Crippen LogP) is 3.50. The van der Waals surface area contributed by atoms with Gasteiger partial charge >= 0.3 is 11.9 Å². The van der Waals surface area contributed by atoms with Gasteiger partial charge in [-0.1, -0.05) is 32.9 Å². The summed E-state index contributed by atoms with van der Waals surface area (Å²) in [7, 11) is 0. The van der Waals surface area contributed by atoms with Crippen LogP contribution in [-0.2, 0) is 37.3 Å². The molecule has 0 aliphatic heterocycles. The number of carbonyl (C=O) groups is 2. The van der Waals surface area contributed by atoms with Gasteiger partial charge in [-0.05, 0) is 48.4 Å². The molecule has 0 saturated heterocycles. The van der Waals surface area contributed by atoms with E-state index < -0.39 is 0 Å². The molecule has 4 heteroatoms. The van der Waals surface area contributed by atoms with E-state index in [1.807, 2.05) is 13.0 Å². The van der Waals surface area contributed by atoms with E-state index in [1.54, 1.807) is 13.8 Å². The highest BCUT2D eigenvalue weighted by Gasteiger charge is 2.20. The van der Waals surface area contributed by atoms with E-state index in [1.165, 1.54) is 0 Å². The molecule has 4 nitrogen and oxygen atoms in total. The maximum atomic E-state index is 11.9. The van der Waals surface area contributed by atoms with Crippen molar-refractivity contribution in [3.05, 3.63) is 34.4 Å². The molecule has 0 bridgehead atoms. The van der Waals surface area contributed by atoms with Gasteiger partial charge in [0.05, 0.1) is 26.1 Å². The summed E-state index contributed by atoms with van der Waals surface area (Å²) >= 11 is 0. The Morgan fingerprint density at radius 2 is 1.48 bits per heavy atom. The summed E-state index contributed by atoms with van der Waals surface area (Å²) in [6.07, 6.45) is 0.353. The number of hydrogen-bond acceptors (Lipinski definition) is 4. The van der Waals surface area contributed by atoms with Gasteiger partial charge in [0.15, 0.2) is 0 Å². The summed E-state index contributed by atoms with van der Waals surface area (Å²) in [5.41, 5.74) is 3.83. The largest absolute Gasteiger partial charge is 0.466 e. The summed E-state index contributed by atoms with van der Waals surface area (Å²) < 4.78 is 10.1. The van der Waals surface area contributed by atoms with Crippen LogP contribution in [0.2, 0.25) is 0 Å². The number of rotatable bonds is 6. The monoisotopic (exact) mass is 320 g/mol. The summed E-state index contributed by atoms with van der Waals surface area (Å²) in [5, 5.41) is 0. The average Bonchev–Trinajstić information content (AvgIpc) is 2.41. The van der Waals surface area contributed by atoms with Crippen molar-refractivity contribution in [1.29, 1.82) is 0 Å². The smallest absolute Gasteiger partial charge is 0.310 e. The van der Waals surface area contributed by atoms with Crippen LogP contribution in [0.3, 0.4) is 0 Å². The Bertz CT molecular complexity index is 567. The number of carbonyl (C=O) groups excluding carboxylic acids is 2. The van der Waals surface area contributed by atoms with Crippen LogP contribution in [0.15, 0.2) is 12.1 Å². The average molecular weight is 320 g/mol. The molecule has 0 fully saturated rings. The number of aryl methyl sites for hydroxylation is 1. The third-order valence-corrected chi connectivity index (χ3v) is 3.70. The molecule has 0 aliphatic carbocycles. The standard InChI is InChI=1S/C19H28O4/c1-7-22-17(20)11-14-10-15(19(4,5)6)9-13(3)16(14)12-18(21)23-8-2/h9-10H,7-8,11-12H2,1-6H3. The Morgan fingerprint density at radius 1 is 0.957 bits per heavy atom. The van der Waals surface area contributed by atoms with Crippen molar-refractivity contribution in [3.8, 4) is 0 Å². The zero-order valence-corrected chi connectivity index (χ0v) is 15.1. The molecule has 0 amide bonds. The van der Waals surface area contributed by atoms with Crippen molar-refractivity contribution in [3.63, 3.8) is 0 Å². The zero-order valence-electron chi connectivity index (χ0n) is 15.1. The van der Waals surface area contributed by atoms with Crippen molar-refractivity contribution < 1.29 is 19.1 Å². The minimum atomic E-state index is -0.275. The highest BCUT2D eigenvalue weighted by atomic mass is 16.5. The molecule has 0 unspecified atom stereocenters. The molecule has 0 aromatic heterocycles. The Balaban J connectivity index is 3.24. The topological polar surface area (TPSA) is 52.6 Å². The van der Waals surface area contributed by atoms with Gasteiger partial charge in [0, 0.05) is 0 Å². The van der Waals surface area contributed by atoms with Crippen molar-refractivity contribution >= 4 is 11.9 Å². The van der Waals surface area contributed by atoms with E-state index in [0.29, 0.717) is 13.2 Å². The first-order valence-electron chi connectivity index (χ1n) is 8.13. The fourth-order valence-corrected chi connectivity index (χ4v) is 2.46. The Labute approximate surface area is 139 Å². The fraction of sp³-hybridized carbons (Fsp3) is 0.579. The summed E-state index contributed by atoms with van der Waals surface area (Å²) in [6, 6.07) is 4.10. The minimum absolute atomic E-state index is 0.0311. The number of benzene rings is 1. The van der Waals surface area contributed by atoms with E-state index in [4.69, 9.17) is 9.47 Å². The second-order valence-electron chi connectivity index (χ2n) is 6.64. The van der Waals surface area contributed by atoms with Crippen molar-refractivity contribution in [2.75, 3.05) is 13.2 Å². The number of ether oxygens (including phenoxy) is 2. The van der Waals surface area contributed by atoms with Gasteiger partial charge in [-0.2, -0.15) is 0 Å². The third-order valence-electron chi connectivity index (χ3n) is 3.70. The molecule has 0 heterocycles. The molecule has 0 spiro atoms. The Morgan fingerprint density at radius 3 is 1.96 bits per heavy atom. The minimum Gasteiger partial charge on any atom is -0.466 e. The van der Waals surface area contributed by atoms with Crippen LogP contribution >= 0.6 is 0 Å². The van der Waals surface area contributed by atoms with Crippen molar-refractivity contribution in [2.45, 2.75) is 59.8 Å². The number of hydrogen-bond donors (Lipinski definition) is 0. The van der Waals surface area contributed by atoms with E-state index in [2.05, 4.69) is 26.8 Å². The molecule has 0 radical (unpaired) electrons. The lowest BCUT2D eigenvalue weighted by molar-refractivity contribution is -0.143. The molecule has 0 atom stereocenters. The zero-order chi connectivity index (χ0) is 17.6. The molecular formula is C19H28O4. The first-order chi connectivity index (χ1) is 10.7. The van der Waals surface area contributed by atoms with Gasteiger partial charge in [-0.15, -0.1) is 0 Å². The second-order valence-corrected chi connectivity index (χ2v) is 6.64. The van der Waals surface area contributed by atoms with Crippen LogP contribution in [0.5, 0.6) is 0 Å².